The summed E-state index contributed by atoms with van der Waals surface area (Å²) in [6.45, 7) is 1.50. The number of aromatic nitrogens is 2. The number of nitrogens with two attached hydrogens (primary N) is 1. The van der Waals surface area contributed by atoms with Crippen LogP contribution in [0.4, 0.5) is 4.39 Å². The van der Waals surface area contributed by atoms with E-state index in [1.54, 1.807) is 6.26 Å². The number of rotatable bonds is 2. The van der Waals surface area contributed by atoms with Crippen molar-refractivity contribution in [1.82, 2.24) is 9.24 Å². The van der Waals surface area contributed by atoms with E-state index in [-0.39, 0.29) is 16.9 Å². The van der Waals surface area contributed by atoms with Crippen LogP contribution in [-0.4, -0.2) is 15.5 Å². The molecular weight excluding hydrogens is 295 g/mol. The van der Waals surface area contributed by atoms with Crippen molar-refractivity contribution in [1.29, 1.82) is 5.26 Å². The molecule has 0 saturated heterocycles. The molecule has 108 valence electrons. The molecule has 21 heavy (non-hydrogen) atoms. The van der Waals surface area contributed by atoms with E-state index >= 15 is 0 Å². The molecule has 1 aromatic heterocycles. The van der Waals surface area contributed by atoms with Gasteiger partial charge in [0.25, 0.3) is 5.56 Å². The lowest BCUT2D eigenvalue weighted by atomic mass is 10.2. The minimum Gasteiger partial charge on any atom is -0.335 e. The van der Waals surface area contributed by atoms with Gasteiger partial charge in [0.05, 0.1) is 11.3 Å². The Morgan fingerprint density at radius 1 is 1.33 bits per heavy atom. The molecule has 0 spiro atoms. The lowest BCUT2D eigenvalue weighted by Gasteiger charge is -2.11. The van der Waals surface area contributed by atoms with Gasteiger partial charge in [0, 0.05) is 16.7 Å². The summed E-state index contributed by atoms with van der Waals surface area (Å²) in [5.74, 6) is 4.69. The molecule has 0 saturated carbocycles. The van der Waals surface area contributed by atoms with Gasteiger partial charge in [-0.15, -0.1) is 11.8 Å². The highest BCUT2D eigenvalue weighted by Crippen LogP contribution is 2.24. The molecule has 0 bridgehead atoms. The van der Waals surface area contributed by atoms with Crippen LogP contribution >= 0.6 is 11.8 Å². The van der Waals surface area contributed by atoms with Gasteiger partial charge in [-0.1, -0.05) is 0 Å². The summed E-state index contributed by atoms with van der Waals surface area (Å²) in [5, 5.41) is 8.94. The zero-order chi connectivity index (χ0) is 15.7. The van der Waals surface area contributed by atoms with Crippen molar-refractivity contribution in [3.63, 3.8) is 0 Å². The van der Waals surface area contributed by atoms with Crippen LogP contribution in [0, 0.1) is 24.1 Å². The van der Waals surface area contributed by atoms with Crippen LogP contribution in [0.25, 0.3) is 5.69 Å². The Labute approximate surface area is 123 Å². The summed E-state index contributed by atoms with van der Waals surface area (Å²) >= 11 is 1.21. The van der Waals surface area contributed by atoms with Crippen molar-refractivity contribution >= 4 is 11.8 Å². The van der Waals surface area contributed by atoms with E-state index in [4.69, 9.17) is 11.1 Å². The number of hydrogen-bond donors (Lipinski definition) is 1. The first-order chi connectivity index (χ1) is 9.90. The lowest BCUT2D eigenvalue weighted by Crippen LogP contribution is -2.43. The fourth-order valence-corrected chi connectivity index (χ4v) is 2.41. The molecule has 2 rings (SSSR count). The molecule has 1 heterocycles. The summed E-state index contributed by atoms with van der Waals surface area (Å²) in [6, 6.07) is 5.28. The molecule has 0 unspecified atom stereocenters. The van der Waals surface area contributed by atoms with Crippen LogP contribution in [0.2, 0.25) is 0 Å². The number of nitrogens with zero attached hydrogens (tertiary/aromatic N) is 3. The van der Waals surface area contributed by atoms with E-state index in [2.05, 4.69) is 0 Å². The molecule has 0 fully saturated rings. The first-order valence-corrected chi connectivity index (χ1v) is 7.02. The van der Waals surface area contributed by atoms with Crippen molar-refractivity contribution < 1.29 is 4.39 Å². The number of nitriles is 1. The minimum absolute atomic E-state index is 0.136. The Morgan fingerprint density at radius 2 is 2.00 bits per heavy atom. The fraction of sp³-hybridized carbons (Fsp3) is 0.154. The molecule has 2 aromatic rings. The van der Waals surface area contributed by atoms with E-state index in [0.717, 1.165) is 16.8 Å². The molecule has 6 nitrogen and oxygen atoms in total. The molecule has 8 heteroatoms. The standard InChI is InChI=1S/C13H11FN4O2S/c1-7-3-12(19)17(13(20)18(7)16)10-5-11(21-2)8(6-15)4-9(10)14/h3-5H,16H2,1-2H3. The third-order valence-corrected chi connectivity index (χ3v) is 3.74. The molecule has 0 aliphatic heterocycles. The Bertz CT molecular complexity index is 879. The first kappa shape index (κ1) is 14.9. The highest BCUT2D eigenvalue weighted by atomic mass is 32.2. The Morgan fingerprint density at radius 3 is 2.57 bits per heavy atom. The van der Waals surface area contributed by atoms with Gasteiger partial charge in [-0.25, -0.2) is 18.4 Å². The number of aryl methyl sites for hydroxylation is 1. The zero-order valence-electron chi connectivity index (χ0n) is 11.3. The minimum atomic E-state index is -0.851. The third kappa shape index (κ3) is 2.43. The maximum Gasteiger partial charge on any atom is 0.354 e. The Kier molecular flexibility index (Phi) is 3.86. The van der Waals surface area contributed by atoms with Crippen LogP contribution in [0.3, 0.4) is 0 Å². The highest BCUT2D eigenvalue weighted by molar-refractivity contribution is 7.98. The van der Waals surface area contributed by atoms with Crippen LogP contribution < -0.4 is 17.1 Å². The predicted octanol–water partition coefficient (Wildman–Crippen LogP) is 0.754. The van der Waals surface area contributed by atoms with Gasteiger partial charge in [0.1, 0.15) is 11.9 Å². The van der Waals surface area contributed by atoms with Crippen LogP contribution in [0.5, 0.6) is 0 Å². The number of thioether (sulfide) groups is 1. The van der Waals surface area contributed by atoms with E-state index in [0.29, 0.717) is 9.46 Å². The van der Waals surface area contributed by atoms with Crippen molar-refractivity contribution in [3.8, 4) is 11.8 Å². The maximum atomic E-state index is 14.1. The quantitative estimate of drug-likeness (QED) is 0.653. The maximum absolute atomic E-state index is 14.1. The molecule has 0 atom stereocenters. The second-order valence-electron chi connectivity index (χ2n) is 4.23. The number of benzene rings is 1. The monoisotopic (exact) mass is 306 g/mol. The fourth-order valence-electron chi connectivity index (χ4n) is 1.86. The number of hydrogen-bond acceptors (Lipinski definition) is 5. The average Bonchev–Trinajstić information content (AvgIpc) is 2.46. The van der Waals surface area contributed by atoms with Crippen LogP contribution in [0.1, 0.15) is 11.3 Å². The van der Waals surface area contributed by atoms with Gasteiger partial charge >= 0.3 is 5.69 Å². The largest absolute Gasteiger partial charge is 0.354 e. The molecule has 0 radical (unpaired) electrons. The Hall–Kier alpha value is -2.53. The first-order valence-electron chi connectivity index (χ1n) is 5.79. The van der Waals surface area contributed by atoms with Crippen molar-refractivity contribution in [2.24, 2.45) is 0 Å². The summed E-state index contributed by atoms with van der Waals surface area (Å²) in [7, 11) is 0. The summed E-state index contributed by atoms with van der Waals surface area (Å²) < 4.78 is 15.5. The molecule has 0 aliphatic carbocycles. The predicted molar refractivity (Wildman–Crippen MR) is 77.6 cm³/mol. The topological polar surface area (TPSA) is 93.8 Å². The van der Waals surface area contributed by atoms with E-state index in [1.807, 2.05) is 6.07 Å². The summed E-state index contributed by atoms with van der Waals surface area (Å²) in [6.07, 6.45) is 1.71. The SMILES string of the molecule is CSc1cc(-n2c(=O)cc(C)n(N)c2=O)c(F)cc1C#N. The third-order valence-electron chi connectivity index (χ3n) is 2.96. The molecule has 2 N–H and O–H groups in total. The van der Waals surface area contributed by atoms with E-state index in [9.17, 15) is 14.0 Å². The van der Waals surface area contributed by atoms with Crippen molar-refractivity contribution in [3.05, 3.63) is 56.1 Å². The van der Waals surface area contributed by atoms with Gasteiger partial charge in [0.2, 0.25) is 0 Å². The van der Waals surface area contributed by atoms with Crippen LogP contribution in [-0.2, 0) is 0 Å². The average molecular weight is 306 g/mol. The lowest BCUT2D eigenvalue weighted by molar-refractivity contribution is 0.605. The Balaban J connectivity index is 2.87. The summed E-state index contributed by atoms with van der Waals surface area (Å²) in [5.41, 5.74) is -1.37. The van der Waals surface area contributed by atoms with Gasteiger partial charge in [0.15, 0.2) is 0 Å². The molecular formula is C13H11FN4O2S. The summed E-state index contributed by atoms with van der Waals surface area (Å²) in [4.78, 5) is 24.5. The van der Waals surface area contributed by atoms with Crippen LogP contribution in [0.15, 0.2) is 32.7 Å². The molecule has 1 aromatic carbocycles. The smallest absolute Gasteiger partial charge is 0.335 e. The second kappa shape index (κ2) is 5.46. The van der Waals surface area contributed by atoms with Crippen molar-refractivity contribution in [2.45, 2.75) is 11.8 Å². The molecule has 0 amide bonds. The van der Waals surface area contributed by atoms with E-state index in [1.165, 1.54) is 24.8 Å². The number of nitrogen functional groups attached to an aromatic ring is 1. The van der Waals surface area contributed by atoms with Gasteiger partial charge in [-0.3, -0.25) is 4.79 Å². The zero-order valence-corrected chi connectivity index (χ0v) is 12.1. The van der Waals surface area contributed by atoms with E-state index < -0.39 is 17.1 Å². The second-order valence-corrected chi connectivity index (χ2v) is 5.08. The van der Waals surface area contributed by atoms with Gasteiger partial charge in [-0.2, -0.15) is 5.26 Å². The highest BCUT2D eigenvalue weighted by Gasteiger charge is 2.16. The normalized spacial score (nSPS) is 10.4. The van der Waals surface area contributed by atoms with Gasteiger partial charge in [-0.05, 0) is 25.3 Å². The molecule has 0 aliphatic rings. The number of halogens is 1. The van der Waals surface area contributed by atoms with Crippen molar-refractivity contribution in [2.75, 3.05) is 12.1 Å². The van der Waals surface area contributed by atoms with Gasteiger partial charge < -0.3 is 5.84 Å².